The van der Waals surface area contributed by atoms with Crippen LogP contribution in [-0.2, 0) is 12.8 Å². The first-order chi connectivity index (χ1) is 16.2. The fourth-order valence-corrected chi connectivity index (χ4v) is 3.90. The third kappa shape index (κ3) is 7.81. The Balaban J connectivity index is 1.58. The second kappa shape index (κ2) is 13.5. The van der Waals surface area contributed by atoms with E-state index in [0.29, 0.717) is 17.1 Å². The summed E-state index contributed by atoms with van der Waals surface area (Å²) in [7, 11) is 0. The van der Waals surface area contributed by atoms with Crippen LogP contribution < -0.4 is 4.74 Å². The van der Waals surface area contributed by atoms with E-state index in [0.717, 1.165) is 30.4 Å². The van der Waals surface area contributed by atoms with Gasteiger partial charge in [-0.05, 0) is 67.1 Å². The summed E-state index contributed by atoms with van der Waals surface area (Å²) in [4.78, 5) is 21.8. The largest absolute Gasteiger partial charge is 0.423 e. The summed E-state index contributed by atoms with van der Waals surface area (Å²) in [5.41, 5.74) is 3.78. The van der Waals surface area contributed by atoms with Crippen molar-refractivity contribution in [2.45, 2.75) is 78.1 Å². The van der Waals surface area contributed by atoms with Gasteiger partial charge in [0.2, 0.25) is 0 Å². The van der Waals surface area contributed by atoms with Crippen molar-refractivity contribution in [3.05, 3.63) is 77.6 Å². The summed E-state index contributed by atoms with van der Waals surface area (Å²) >= 11 is 0. The lowest BCUT2D eigenvalue weighted by atomic mass is 10.0. The minimum atomic E-state index is -0.308. The number of hydrogen-bond acceptors (Lipinski definition) is 4. The summed E-state index contributed by atoms with van der Waals surface area (Å²) < 4.78 is 5.66. The minimum absolute atomic E-state index is 0.308. The van der Waals surface area contributed by atoms with Crippen LogP contribution in [0.5, 0.6) is 5.75 Å². The van der Waals surface area contributed by atoms with Crippen molar-refractivity contribution in [1.29, 1.82) is 0 Å². The third-order valence-corrected chi connectivity index (χ3v) is 5.88. The molecule has 0 fully saturated rings. The number of esters is 1. The minimum Gasteiger partial charge on any atom is -0.423 e. The molecule has 0 N–H and O–H groups in total. The van der Waals surface area contributed by atoms with Crippen LogP contribution >= 0.6 is 0 Å². The third-order valence-electron chi connectivity index (χ3n) is 5.88. The highest BCUT2D eigenvalue weighted by Crippen LogP contribution is 2.22. The highest BCUT2D eigenvalue weighted by molar-refractivity contribution is 5.92. The number of unbranched alkanes of at least 4 members (excludes halogenated alkanes) is 6. The summed E-state index contributed by atoms with van der Waals surface area (Å²) in [6.45, 7) is 4.42. The van der Waals surface area contributed by atoms with Crippen molar-refractivity contribution in [3.63, 3.8) is 0 Å². The topological polar surface area (TPSA) is 52.1 Å². The number of aryl methyl sites for hydroxylation is 2. The number of rotatable bonds is 13. The Bertz CT molecular complexity index is 981. The SMILES string of the molecule is CCCCCCc1cnc(-c2ccc(OC(=O)c3ccccc3CCCCCC)cc2)nc1. The number of carbonyl (C=O) groups is 1. The number of benzene rings is 2. The first-order valence-corrected chi connectivity index (χ1v) is 12.4. The van der Waals surface area contributed by atoms with E-state index in [4.69, 9.17) is 4.74 Å². The van der Waals surface area contributed by atoms with Gasteiger partial charge in [-0.3, -0.25) is 0 Å². The van der Waals surface area contributed by atoms with Gasteiger partial charge in [0.05, 0.1) is 5.56 Å². The molecule has 0 bridgehead atoms. The van der Waals surface area contributed by atoms with Crippen LogP contribution in [0.2, 0.25) is 0 Å². The first kappa shape index (κ1) is 24.6. The molecular formula is C29H36N2O2. The van der Waals surface area contributed by atoms with Crippen molar-refractivity contribution in [1.82, 2.24) is 9.97 Å². The van der Waals surface area contributed by atoms with Crippen LogP contribution in [0.15, 0.2) is 60.9 Å². The lowest BCUT2D eigenvalue weighted by molar-refractivity contribution is 0.0733. The molecule has 0 saturated heterocycles. The predicted octanol–water partition coefficient (Wildman–Crippen LogP) is 7.61. The molecule has 3 aromatic rings. The van der Waals surface area contributed by atoms with Crippen molar-refractivity contribution in [2.75, 3.05) is 0 Å². The van der Waals surface area contributed by atoms with Gasteiger partial charge in [0.15, 0.2) is 5.82 Å². The molecule has 3 rings (SSSR count). The fraction of sp³-hybridized carbons (Fsp3) is 0.414. The Morgan fingerprint density at radius 2 is 1.39 bits per heavy atom. The molecule has 4 nitrogen and oxygen atoms in total. The van der Waals surface area contributed by atoms with Crippen LogP contribution in [0.25, 0.3) is 11.4 Å². The lowest BCUT2D eigenvalue weighted by Gasteiger charge is -2.10. The molecule has 0 radical (unpaired) electrons. The Labute approximate surface area is 198 Å². The molecule has 2 aromatic carbocycles. The highest BCUT2D eigenvalue weighted by atomic mass is 16.5. The normalized spacial score (nSPS) is 10.8. The molecule has 174 valence electrons. The van der Waals surface area contributed by atoms with Gasteiger partial charge in [0, 0.05) is 18.0 Å². The van der Waals surface area contributed by atoms with E-state index in [-0.39, 0.29) is 5.97 Å². The van der Waals surface area contributed by atoms with Gasteiger partial charge in [-0.15, -0.1) is 0 Å². The van der Waals surface area contributed by atoms with Gasteiger partial charge in [0.1, 0.15) is 5.75 Å². The quantitative estimate of drug-likeness (QED) is 0.155. The van der Waals surface area contributed by atoms with E-state index in [1.165, 1.54) is 50.5 Å². The average molecular weight is 445 g/mol. The van der Waals surface area contributed by atoms with Crippen LogP contribution in [0.3, 0.4) is 0 Å². The number of nitrogens with zero attached hydrogens (tertiary/aromatic N) is 2. The smallest absolute Gasteiger partial charge is 0.343 e. The van der Waals surface area contributed by atoms with E-state index in [1.807, 2.05) is 48.8 Å². The van der Waals surface area contributed by atoms with E-state index in [9.17, 15) is 4.79 Å². The fourth-order valence-electron chi connectivity index (χ4n) is 3.90. The zero-order chi connectivity index (χ0) is 23.3. The molecular weight excluding hydrogens is 408 g/mol. The first-order valence-electron chi connectivity index (χ1n) is 12.4. The van der Waals surface area contributed by atoms with Gasteiger partial charge >= 0.3 is 5.97 Å². The van der Waals surface area contributed by atoms with Gasteiger partial charge in [-0.2, -0.15) is 0 Å². The molecule has 33 heavy (non-hydrogen) atoms. The molecule has 4 heteroatoms. The van der Waals surface area contributed by atoms with E-state index < -0.39 is 0 Å². The molecule has 0 saturated carbocycles. The average Bonchev–Trinajstić information content (AvgIpc) is 2.86. The Morgan fingerprint density at radius 3 is 2.06 bits per heavy atom. The molecule has 0 amide bonds. The maximum Gasteiger partial charge on any atom is 0.343 e. The Hall–Kier alpha value is -3.01. The number of hydrogen-bond donors (Lipinski definition) is 0. The van der Waals surface area contributed by atoms with E-state index in [1.54, 1.807) is 12.1 Å². The molecule has 0 aliphatic carbocycles. The van der Waals surface area contributed by atoms with E-state index >= 15 is 0 Å². The van der Waals surface area contributed by atoms with Gasteiger partial charge < -0.3 is 4.74 Å². The predicted molar refractivity (Wildman–Crippen MR) is 135 cm³/mol. The molecule has 1 aromatic heterocycles. The van der Waals surface area contributed by atoms with Gasteiger partial charge in [-0.25, -0.2) is 14.8 Å². The molecule has 1 heterocycles. The van der Waals surface area contributed by atoms with Crippen LogP contribution in [0.4, 0.5) is 0 Å². The Kier molecular flexibility index (Phi) is 10.1. The van der Waals surface area contributed by atoms with Crippen molar-refractivity contribution >= 4 is 5.97 Å². The van der Waals surface area contributed by atoms with E-state index in [2.05, 4.69) is 23.8 Å². The number of aromatic nitrogens is 2. The van der Waals surface area contributed by atoms with Crippen LogP contribution in [0, 0.1) is 0 Å². The van der Waals surface area contributed by atoms with Crippen LogP contribution in [-0.4, -0.2) is 15.9 Å². The Morgan fingerprint density at radius 1 is 0.758 bits per heavy atom. The summed E-state index contributed by atoms with van der Waals surface area (Å²) in [6.07, 6.45) is 15.4. The van der Waals surface area contributed by atoms with Gasteiger partial charge in [0.25, 0.3) is 0 Å². The standard InChI is InChI=1S/C29H36N2O2/c1-3-5-7-9-13-23-21-30-28(31-22-23)25-17-19-26(20-18-25)33-29(32)27-16-12-11-15-24(27)14-10-8-6-4-2/h11-12,15-22H,3-10,13-14H2,1-2H3. The highest BCUT2D eigenvalue weighted by Gasteiger charge is 2.13. The van der Waals surface area contributed by atoms with Crippen molar-refractivity contribution in [3.8, 4) is 17.1 Å². The summed E-state index contributed by atoms with van der Waals surface area (Å²) in [5, 5.41) is 0. The molecule has 0 aliphatic heterocycles. The van der Waals surface area contributed by atoms with Crippen molar-refractivity contribution < 1.29 is 9.53 Å². The molecule has 0 atom stereocenters. The maximum atomic E-state index is 12.8. The van der Waals surface area contributed by atoms with Gasteiger partial charge in [-0.1, -0.05) is 70.6 Å². The molecule has 0 unspecified atom stereocenters. The summed E-state index contributed by atoms with van der Waals surface area (Å²) in [5.74, 6) is 0.900. The zero-order valence-electron chi connectivity index (χ0n) is 20.1. The number of ether oxygens (including phenoxy) is 1. The molecule has 0 aliphatic rings. The lowest BCUT2D eigenvalue weighted by Crippen LogP contribution is -2.11. The zero-order valence-corrected chi connectivity index (χ0v) is 20.1. The second-order valence-corrected chi connectivity index (χ2v) is 8.61. The second-order valence-electron chi connectivity index (χ2n) is 8.61. The molecule has 0 spiro atoms. The monoisotopic (exact) mass is 444 g/mol. The van der Waals surface area contributed by atoms with Crippen molar-refractivity contribution in [2.24, 2.45) is 0 Å². The maximum absolute atomic E-state index is 12.8. The number of carbonyl (C=O) groups excluding carboxylic acids is 1. The van der Waals surface area contributed by atoms with Crippen LogP contribution in [0.1, 0.15) is 86.7 Å². The summed E-state index contributed by atoms with van der Waals surface area (Å²) in [6, 6.07) is 15.2.